The number of aliphatic hydroxyl groups is 1. The van der Waals surface area contributed by atoms with Gasteiger partial charge in [-0.3, -0.25) is 4.79 Å². The summed E-state index contributed by atoms with van der Waals surface area (Å²) in [6.45, 7) is 0. The molecule has 0 atom stereocenters. The van der Waals surface area contributed by atoms with Gasteiger partial charge in [-0.25, -0.2) is 9.78 Å². The molecule has 0 bridgehead atoms. The molecule has 10 heteroatoms. The van der Waals surface area contributed by atoms with E-state index in [1.807, 2.05) is 0 Å². The Kier molecular flexibility index (Phi) is 9.13. The van der Waals surface area contributed by atoms with Gasteiger partial charge in [-0.2, -0.15) is 0 Å². The number of rotatable bonds is 6. The molecule has 0 aliphatic carbocycles. The van der Waals surface area contributed by atoms with Crippen molar-refractivity contribution < 1.29 is 19.8 Å². The Morgan fingerprint density at radius 3 is 2.50 bits per heavy atom. The number of hydrogen-bond donors (Lipinski definition) is 4. The fourth-order valence-corrected chi connectivity index (χ4v) is 3.55. The Bertz CT molecular complexity index is 1030. The van der Waals surface area contributed by atoms with Crippen molar-refractivity contribution in [2.45, 2.75) is 4.90 Å². The van der Waals surface area contributed by atoms with E-state index < -0.39 is 11.9 Å². The third-order valence-corrected chi connectivity index (χ3v) is 5.68. The van der Waals surface area contributed by atoms with Crippen molar-refractivity contribution in [1.82, 2.24) is 4.98 Å². The second kappa shape index (κ2) is 11.6. The summed E-state index contributed by atoms with van der Waals surface area (Å²) in [4.78, 5) is 28.7. The predicted molar refractivity (Wildman–Crippen MR) is 122 cm³/mol. The lowest BCUT2D eigenvalue weighted by Gasteiger charge is -2.11. The van der Waals surface area contributed by atoms with Crippen molar-refractivity contribution in [2.75, 3.05) is 17.1 Å². The van der Waals surface area contributed by atoms with E-state index in [1.165, 1.54) is 18.0 Å². The van der Waals surface area contributed by atoms with Crippen LogP contribution < -0.4 is 10.0 Å². The van der Waals surface area contributed by atoms with Gasteiger partial charge in [0.05, 0.1) is 23.1 Å². The summed E-state index contributed by atoms with van der Waals surface area (Å²) < 4.78 is 3.93. The molecule has 3 rings (SSSR count). The smallest absolute Gasteiger partial charge is 0.337 e. The SMILES string of the molecule is CO.O=C(Nc1ccccc1C(=O)O)c1ccc(Br)c(SNc2ccc(Cl)nc2)c1. The molecule has 0 saturated heterocycles. The van der Waals surface area contributed by atoms with Crippen molar-refractivity contribution in [3.05, 3.63) is 81.5 Å². The molecule has 1 amide bonds. The van der Waals surface area contributed by atoms with E-state index in [0.717, 1.165) is 22.2 Å². The Balaban J connectivity index is 0.00000155. The van der Waals surface area contributed by atoms with Gasteiger partial charge in [-0.1, -0.05) is 23.7 Å². The number of aromatic nitrogens is 1. The zero-order valence-electron chi connectivity index (χ0n) is 15.6. The van der Waals surface area contributed by atoms with E-state index >= 15 is 0 Å². The average molecular weight is 511 g/mol. The third-order valence-electron chi connectivity index (χ3n) is 3.61. The maximum atomic E-state index is 12.6. The Labute approximate surface area is 190 Å². The summed E-state index contributed by atoms with van der Waals surface area (Å²) in [7, 11) is 1.00. The number of pyridine rings is 1. The maximum Gasteiger partial charge on any atom is 0.337 e. The van der Waals surface area contributed by atoms with Crippen LogP contribution in [0.1, 0.15) is 20.7 Å². The van der Waals surface area contributed by atoms with Crippen LogP contribution in [0.3, 0.4) is 0 Å². The number of carboxylic acids is 1. The van der Waals surface area contributed by atoms with Gasteiger partial charge in [0.15, 0.2) is 0 Å². The van der Waals surface area contributed by atoms with E-state index in [9.17, 15) is 14.7 Å². The summed E-state index contributed by atoms with van der Waals surface area (Å²) in [5.74, 6) is -1.51. The Morgan fingerprint density at radius 1 is 1.10 bits per heavy atom. The minimum Gasteiger partial charge on any atom is -0.478 e. The monoisotopic (exact) mass is 509 g/mol. The number of anilines is 2. The Hall–Kier alpha value is -2.59. The van der Waals surface area contributed by atoms with Crippen molar-refractivity contribution in [1.29, 1.82) is 0 Å². The van der Waals surface area contributed by atoms with E-state index in [2.05, 4.69) is 31.0 Å². The van der Waals surface area contributed by atoms with Gasteiger partial charge in [-0.05, 0) is 70.3 Å². The van der Waals surface area contributed by atoms with E-state index in [4.69, 9.17) is 16.7 Å². The molecule has 0 radical (unpaired) electrons. The van der Waals surface area contributed by atoms with Gasteiger partial charge in [0.25, 0.3) is 5.91 Å². The topological polar surface area (TPSA) is 112 Å². The highest BCUT2D eigenvalue weighted by molar-refractivity contribution is 9.10. The molecule has 1 heterocycles. The molecule has 0 spiro atoms. The number of halogens is 2. The third kappa shape index (κ3) is 6.46. The standard InChI is InChI=1S/C19H13BrClN3O3S.CH4O/c20-14-7-5-11(9-16(14)28-24-12-6-8-17(21)22-10-12)18(25)23-15-4-2-1-3-13(15)19(26)27;1-2/h1-10,24H,(H,23,25)(H,26,27);2H,1H3. The lowest BCUT2D eigenvalue weighted by Crippen LogP contribution is -2.14. The highest BCUT2D eigenvalue weighted by Crippen LogP contribution is 2.30. The maximum absolute atomic E-state index is 12.6. The number of amides is 1. The summed E-state index contributed by atoms with van der Waals surface area (Å²) in [5.41, 5.74) is 1.41. The molecule has 156 valence electrons. The van der Waals surface area contributed by atoms with Crippen molar-refractivity contribution in [3.63, 3.8) is 0 Å². The largest absolute Gasteiger partial charge is 0.478 e. The number of nitrogens with zero attached hydrogens (tertiary/aromatic N) is 1. The average Bonchev–Trinajstić information content (AvgIpc) is 2.76. The molecule has 30 heavy (non-hydrogen) atoms. The number of carboxylic acid groups (broad SMARTS) is 1. The van der Waals surface area contributed by atoms with Crippen molar-refractivity contribution in [3.8, 4) is 0 Å². The normalized spacial score (nSPS) is 9.87. The van der Waals surface area contributed by atoms with Crippen LogP contribution in [0, 0.1) is 0 Å². The summed E-state index contributed by atoms with van der Waals surface area (Å²) in [6, 6.07) is 14.8. The first-order chi connectivity index (χ1) is 14.4. The summed E-state index contributed by atoms with van der Waals surface area (Å²) in [6.07, 6.45) is 1.60. The number of carbonyl (C=O) groups is 2. The molecule has 3 aromatic rings. The minimum absolute atomic E-state index is 0.0273. The number of carbonyl (C=O) groups excluding carboxylic acids is 1. The molecule has 2 aromatic carbocycles. The Morgan fingerprint density at radius 2 is 1.83 bits per heavy atom. The van der Waals surface area contributed by atoms with Crippen LogP contribution in [-0.2, 0) is 0 Å². The van der Waals surface area contributed by atoms with Crippen LogP contribution in [0.5, 0.6) is 0 Å². The van der Waals surface area contributed by atoms with Crippen LogP contribution in [0.25, 0.3) is 0 Å². The highest BCUT2D eigenvalue weighted by atomic mass is 79.9. The number of aromatic carboxylic acids is 1. The van der Waals surface area contributed by atoms with Gasteiger partial charge >= 0.3 is 5.97 Å². The van der Waals surface area contributed by atoms with Gasteiger partial charge in [-0.15, -0.1) is 0 Å². The molecular formula is C20H17BrClN3O4S. The number of aliphatic hydroxyl groups excluding tert-OH is 1. The van der Waals surface area contributed by atoms with E-state index in [0.29, 0.717) is 10.7 Å². The van der Waals surface area contributed by atoms with Crippen LogP contribution in [0.2, 0.25) is 5.15 Å². The van der Waals surface area contributed by atoms with Crippen LogP contribution in [-0.4, -0.2) is 34.2 Å². The lowest BCUT2D eigenvalue weighted by molar-refractivity contribution is 0.0698. The molecule has 7 nitrogen and oxygen atoms in total. The molecule has 0 aliphatic heterocycles. The van der Waals surface area contributed by atoms with Gasteiger partial charge in [0, 0.05) is 22.0 Å². The van der Waals surface area contributed by atoms with Crippen LogP contribution in [0.4, 0.5) is 11.4 Å². The highest BCUT2D eigenvalue weighted by Gasteiger charge is 2.14. The lowest BCUT2D eigenvalue weighted by atomic mass is 10.1. The number of benzene rings is 2. The fraction of sp³-hybridized carbons (Fsp3) is 0.0500. The minimum atomic E-state index is -1.11. The first-order valence-corrected chi connectivity index (χ1v) is 10.3. The number of hydrogen-bond acceptors (Lipinski definition) is 6. The van der Waals surface area contributed by atoms with Crippen LogP contribution in [0.15, 0.2) is 70.2 Å². The summed E-state index contributed by atoms with van der Waals surface area (Å²) >= 11 is 10.5. The molecule has 0 fully saturated rings. The second-order valence-corrected chi connectivity index (χ2v) is 7.61. The zero-order valence-corrected chi connectivity index (χ0v) is 18.8. The molecule has 1 aromatic heterocycles. The van der Waals surface area contributed by atoms with Gasteiger partial charge < -0.3 is 20.3 Å². The number of nitrogens with one attached hydrogen (secondary N) is 2. The van der Waals surface area contributed by atoms with E-state index in [-0.39, 0.29) is 11.3 Å². The molecule has 0 aliphatic rings. The summed E-state index contributed by atoms with van der Waals surface area (Å²) in [5, 5.41) is 19.3. The van der Waals surface area contributed by atoms with Crippen LogP contribution >= 0.6 is 39.5 Å². The van der Waals surface area contributed by atoms with Crippen molar-refractivity contribution >= 4 is 62.7 Å². The van der Waals surface area contributed by atoms with Crippen molar-refractivity contribution in [2.24, 2.45) is 0 Å². The second-order valence-electron chi connectivity index (χ2n) is 5.52. The molecular weight excluding hydrogens is 494 g/mol. The van der Waals surface area contributed by atoms with Gasteiger partial charge in [0.2, 0.25) is 0 Å². The quantitative estimate of drug-likeness (QED) is 0.267. The zero-order chi connectivity index (χ0) is 22.1. The van der Waals surface area contributed by atoms with E-state index in [1.54, 1.807) is 54.7 Å². The molecule has 0 saturated carbocycles. The number of para-hydroxylation sites is 1. The first-order valence-electron chi connectivity index (χ1n) is 8.36. The van der Waals surface area contributed by atoms with Gasteiger partial charge in [0.1, 0.15) is 5.15 Å². The molecule has 4 N–H and O–H groups in total. The predicted octanol–water partition coefficient (Wildman–Crippen LogP) is 5.18. The molecule has 0 unspecified atom stereocenters. The fourth-order valence-electron chi connectivity index (χ4n) is 2.25. The first kappa shape index (κ1) is 23.7.